The fourth-order valence-corrected chi connectivity index (χ4v) is 5.63. The monoisotopic (exact) mass is 397 g/mol. The number of hydrogen-bond donors (Lipinski definition) is 0. The van der Waals surface area contributed by atoms with Gasteiger partial charge in [-0.15, -0.1) is 11.3 Å². The molecule has 0 unspecified atom stereocenters. The summed E-state index contributed by atoms with van der Waals surface area (Å²) in [6, 6.07) is 5.35. The van der Waals surface area contributed by atoms with Crippen LogP contribution in [-0.2, 0) is 12.8 Å². The van der Waals surface area contributed by atoms with Crippen molar-refractivity contribution >= 4 is 23.0 Å². The van der Waals surface area contributed by atoms with E-state index in [1.807, 2.05) is 4.90 Å². The molecule has 3 aliphatic rings. The highest BCUT2D eigenvalue weighted by molar-refractivity contribution is 7.12. The van der Waals surface area contributed by atoms with Crippen LogP contribution in [0.5, 0.6) is 11.5 Å². The molecule has 1 aromatic carbocycles. The molecule has 1 amide bonds. The van der Waals surface area contributed by atoms with Crippen LogP contribution in [0.1, 0.15) is 56.8 Å². The number of likely N-dealkylation sites (tertiary alicyclic amines) is 1. The predicted octanol–water partition coefficient (Wildman–Crippen LogP) is 4.09. The molecule has 1 saturated heterocycles. The Kier molecular flexibility index (Phi) is 4.59. The molecule has 3 heterocycles. The van der Waals surface area contributed by atoms with Crippen LogP contribution in [0.3, 0.4) is 0 Å². The number of aryl methyl sites for hydroxylation is 1. The Morgan fingerprint density at radius 2 is 1.93 bits per heavy atom. The number of piperidine rings is 1. The molecule has 1 aromatic heterocycles. The molecule has 0 radical (unpaired) electrons. The van der Waals surface area contributed by atoms with E-state index >= 15 is 0 Å². The van der Waals surface area contributed by atoms with Crippen LogP contribution in [0.15, 0.2) is 23.6 Å². The lowest BCUT2D eigenvalue weighted by atomic mass is 9.89. The van der Waals surface area contributed by atoms with E-state index in [1.165, 1.54) is 17.5 Å². The van der Waals surface area contributed by atoms with E-state index in [2.05, 4.69) is 5.38 Å². The minimum Gasteiger partial charge on any atom is -0.454 e. The van der Waals surface area contributed by atoms with Crippen molar-refractivity contribution in [1.82, 2.24) is 4.90 Å². The highest BCUT2D eigenvalue weighted by Crippen LogP contribution is 2.35. The van der Waals surface area contributed by atoms with Crippen LogP contribution >= 0.6 is 11.3 Å². The molecular formula is C22H23NO4S. The van der Waals surface area contributed by atoms with Gasteiger partial charge in [-0.3, -0.25) is 9.59 Å². The smallest absolute Gasteiger partial charge is 0.264 e. The summed E-state index contributed by atoms with van der Waals surface area (Å²) in [5, 5.41) is 2.15. The Labute approximate surface area is 168 Å². The van der Waals surface area contributed by atoms with Crippen molar-refractivity contribution in [1.29, 1.82) is 0 Å². The van der Waals surface area contributed by atoms with Crippen molar-refractivity contribution in [3.05, 3.63) is 45.1 Å². The molecule has 0 spiro atoms. The van der Waals surface area contributed by atoms with Crippen LogP contribution in [0, 0.1) is 5.92 Å². The average Bonchev–Trinajstić information content (AvgIpc) is 3.39. The normalized spacial score (nSPS) is 20.7. The van der Waals surface area contributed by atoms with E-state index in [0.29, 0.717) is 23.6 Å². The standard InChI is InChI=1S/C22H23NO4S/c24-20(14-7-8-18-19(10-14)27-13-26-18)15-5-3-9-23(11-15)22(25)21-17-6-2-1-4-16(17)12-28-21/h7-8,10,12,15H,1-6,9,11,13H2/t15-/m1/s1. The SMILES string of the molecule is O=C(c1ccc2c(c1)OCO2)[C@@H]1CCCN(C(=O)c2scc3c2CCCC3)C1. The number of carbonyl (C=O) groups is 2. The van der Waals surface area contributed by atoms with Gasteiger partial charge < -0.3 is 14.4 Å². The number of thiophene rings is 1. The molecule has 2 aromatic rings. The van der Waals surface area contributed by atoms with Crippen LogP contribution in [0.25, 0.3) is 0 Å². The summed E-state index contributed by atoms with van der Waals surface area (Å²) >= 11 is 1.58. The van der Waals surface area contributed by atoms with Gasteiger partial charge in [-0.1, -0.05) is 0 Å². The first-order valence-electron chi connectivity index (χ1n) is 10.0. The van der Waals surface area contributed by atoms with Crippen molar-refractivity contribution in [2.45, 2.75) is 38.5 Å². The number of carbonyl (C=O) groups excluding carboxylic acids is 2. The number of nitrogens with zero attached hydrogens (tertiary/aromatic N) is 1. The van der Waals surface area contributed by atoms with Crippen molar-refractivity contribution in [3.63, 3.8) is 0 Å². The first-order valence-corrected chi connectivity index (χ1v) is 10.9. The van der Waals surface area contributed by atoms with E-state index in [0.717, 1.165) is 43.5 Å². The number of hydrogen-bond acceptors (Lipinski definition) is 5. The van der Waals surface area contributed by atoms with Crippen LogP contribution in [0.2, 0.25) is 0 Å². The maximum atomic E-state index is 13.2. The highest BCUT2D eigenvalue weighted by Gasteiger charge is 2.32. The van der Waals surface area contributed by atoms with Crippen molar-refractivity contribution in [2.75, 3.05) is 19.9 Å². The largest absolute Gasteiger partial charge is 0.454 e. The Bertz CT molecular complexity index is 935. The molecule has 1 fully saturated rings. The molecule has 6 heteroatoms. The molecule has 5 nitrogen and oxygen atoms in total. The Morgan fingerprint density at radius 1 is 1.07 bits per heavy atom. The van der Waals surface area contributed by atoms with Gasteiger partial charge >= 0.3 is 0 Å². The number of amides is 1. The molecule has 0 N–H and O–H groups in total. The lowest BCUT2D eigenvalue weighted by molar-refractivity contribution is 0.0640. The van der Waals surface area contributed by atoms with Gasteiger partial charge in [-0.05, 0) is 73.2 Å². The summed E-state index contributed by atoms with van der Waals surface area (Å²) in [7, 11) is 0. The second kappa shape index (κ2) is 7.24. The third kappa shape index (κ3) is 3.09. The van der Waals surface area contributed by atoms with Gasteiger partial charge in [0.2, 0.25) is 6.79 Å². The van der Waals surface area contributed by atoms with E-state index < -0.39 is 0 Å². The molecule has 1 aliphatic carbocycles. The maximum Gasteiger partial charge on any atom is 0.264 e. The number of benzene rings is 1. The van der Waals surface area contributed by atoms with Crippen LogP contribution in [-0.4, -0.2) is 36.5 Å². The third-order valence-electron chi connectivity index (χ3n) is 6.03. The summed E-state index contributed by atoms with van der Waals surface area (Å²) in [6.07, 6.45) is 6.15. The Hall–Kier alpha value is -2.34. The molecular weight excluding hydrogens is 374 g/mol. The van der Waals surface area contributed by atoms with E-state index in [9.17, 15) is 9.59 Å². The number of ether oxygens (including phenoxy) is 2. The summed E-state index contributed by atoms with van der Waals surface area (Å²) in [6.45, 7) is 1.43. The zero-order valence-electron chi connectivity index (χ0n) is 15.7. The topological polar surface area (TPSA) is 55.8 Å². The highest BCUT2D eigenvalue weighted by atomic mass is 32.1. The molecule has 0 bridgehead atoms. The van der Waals surface area contributed by atoms with Gasteiger partial charge in [-0.2, -0.15) is 0 Å². The van der Waals surface area contributed by atoms with E-state index in [4.69, 9.17) is 9.47 Å². The van der Waals surface area contributed by atoms with Gasteiger partial charge in [0, 0.05) is 24.6 Å². The summed E-state index contributed by atoms with van der Waals surface area (Å²) < 4.78 is 10.7. The van der Waals surface area contributed by atoms with E-state index in [1.54, 1.807) is 29.5 Å². The number of rotatable bonds is 3. The Balaban J connectivity index is 1.33. The van der Waals surface area contributed by atoms with Gasteiger partial charge in [0.25, 0.3) is 5.91 Å². The second-order valence-corrected chi connectivity index (χ2v) is 8.68. The van der Waals surface area contributed by atoms with Crippen molar-refractivity contribution in [3.8, 4) is 11.5 Å². The number of ketones is 1. The molecule has 2 aliphatic heterocycles. The van der Waals surface area contributed by atoms with E-state index in [-0.39, 0.29) is 24.4 Å². The molecule has 28 heavy (non-hydrogen) atoms. The Morgan fingerprint density at radius 3 is 2.86 bits per heavy atom. The van der Waals surface area contributed by atoms with Crippen LogP contribution in [0.4, 0.5) is 0 Å². The first-order chi connectivity index (χ1) is 13.7. The minimum atomic E-state index is -0.158. The second-order valence-electron chi connectivity index (χ2n) is 7.80. The predicted molar refractivity (Wildman–Crippen MR) is 106 cm³/mol. The lowest BCUT2D eigenvalue weighted by Gasteiger charge is -2.32. The molecule has 1 atom stereocenters. The van der Waals surface area contributed by atoms with Gasteiger partial charge in [-0.25, -0.2) is 0 Å². The van der Waals surface area contributed by atoms with Gasteiger partial charge in [0.15, 0.2) is 17.3 Å². The van der Waals surface area contributed by atoms with Crippen molar-refractivity contribution in [2.24, 2.45) is 5.92 Å². The summed E-state index contributed by atoms with van der Waals surface area (Å²) in [5.74, 6) is 1.34. The first kappa shape index (κ1) is 17.7. The quantitative estimate of drug-likeness (QED) is 0.732. The third-order valence-corrected chi connectivity index (χ3v) is 7.09. The fourth-order valence-electron chi connectivity index (χ4n) is 4.50. The summed E-state index contributed by atoms with van der Waals surface area (Å²) in [5.41, 5.74) is 3.24. The summed E-state index contributed by atoms with van der Waals surface area (Å²) in [4.78, 5) is 29.0. The number of fused-ring (bicyclic) bond motifs is 2. The van der Waals surface area contributed by atoms with Gasteiger partial charge in [0.05, 0.1) is 4.88 Å². The lowest BCUT2D eigenvalue weighted by Crippen LogP contribution is -2.42. The van der Waals surface area contributed by atoms with Crippen LogP contribution < -0.4 is 9.47 Å². The fraction of sp³-hybridized carbons (Fsp3) is 0.455. The minimum absolute atomic E-state index is 0.0870. The average molecular weight is 397 g/mol. The van der Waals surface area contributed by atoms with Gasteiger partial charge in [0.1, 0.15) is 0 Å². The zero-order chi connectivity index (χ0) is 19.1. The number of Topliss-reactive ketones (excluding diaryl/α,β-unsaturated/α-hetero) is 1. The molecule has 5 rings (SSSR count). The molecule has 146 valence electrons. The van der Waals surface area contributed by atoms with Crippen molar-refractivity contribution < 1.29 is 19.1 Å². The maximum absolute atomic E-state index is 13.2. The zero-order valence-corrected chi connectivity index (χ0v) is 16.6. The molecule has 0 saturated carbocycles.